The van der Waals surface area contributed by atoms with Crippen molar-refractivity contribution in [1.82, 2.24) is 4.90 Å². The van der Waals surface area contributed by atoms with Gasteiger partial charge in [0.05, 0.1) is 0 Å². The second-order valence-corrected chi connectivity index (χ2v) is 6.34. The van der Waals surface area contributed by atoms with Gasteiger partial charge in [0.25, 0.3) is 5.92 Å². The number of fused-ring (bicyclic) bond motifs is 2. The Bertz CT molecular complexity index is 490. The van der Waals surface area contributed by atoms with Gasteiger partial charge in [-0.05, 0) is 12.8 Å². The number of nitrogens with zero attached hydrogens (tertiary/aromatic N) is 3. The van der Waals surface area contributed by atoms with Gasteiger partial charge in [-0.3, -0.25) is 4.79 Å². The van der Waals surface area contributed by atoms with Gasteiger partial charge >= 0.3 is 0 Å². The number of hydrogen-bond donors (Lipinski definition) is 0. The van der Waals surface area contributed by atoms with Crippen LogP contribution in [0.1, 0.15) is 51.4 Å². The first-order chi connectivity index (χ1) is 9.95. The van der Waals surface area contributed by atoms with Gasteiger partial charge in [0.1, 0.15) is 0 Å². The molecule has 3 aliphatic heterocycles. The number of amides is 1. The van der Waals surface area contributed by atoms with E-state index in [1.165, 1.54) is 0 Å². The topological polar surface area (TPSA) is 45.0 Å². The van der Waals surface area contributed by atoms with E-state index in [1.807, 2.05) is 0 Å². The van der Waals surface area contributed by atoms with Crippen LogP contribution in [0.2, 0.25) is 0 Å². The average molecular weight is 295 g/mol. The van der Waals surface area contributed by atoms with E-state index in [-0.39, 0.29) is 30.8 Å². The maximum absolute atomic E-state index is 13.5. The fourth-order valence-electron chi connectivity index (χ4n) is 3.65. The monoisotopic (exact) mass is 295 g/mol. The first kappa shape index (κ1) is 14.4. The molecule has 21 heavy (non-hydrogen) atoms. The summed E-state index contributed by atoms with van der Waals surface area (Å²) in [5, 5.41) is 8.01. The van der Waals surface area contributed by atoms with Crippen LogP contribution in [0.25, 0.3) is 0 Å². The van der Waals surface area contributed by atoms with Crippen LogP contribution in [0.3, 0.4) is 0 Å². The molecule has 0 aliphatic carbocycles. The van der Waals surface area contributed by atoms with E-state index in [9.17, 15) is 13.6 Å². The second-order valence-electron chi connectivity index (χ2n) is 6.34. The molecule has 2 atom stereocenters. The molecule has 1 amide bonds. The van der Waals surface area contributed by atoms with Gasteiger partial charge in [0.15, 0.2) is 5.66 Å². The Kier molecular flexibility index (Phi) is 3.46. The Morgan fingerprint density at radius 1 is 1.24 bits per heavy atom. The van der Waals surface area contributed by atoms with Gasteiger partial charge in [-0.25, -0.2) is 8.78 Å². The Hall–Kier alpha value is -1.51. The zero-order valence-electron chi connectivity index (χ0n) is 11.9. The molecular weight excluding hydrogens is 276 g/mol. The molecule has 114 valence electrons. The first-order valence-electron chi connectivity index (χ1n) is 7.51. The highest BCUT2D eigenvalue weighted by Crippen LogP contribution is 2.44. The summed E-state index contributed by atoms with van der Waals surface area (Å²) in [5.41, 5.74) is -0.471. The summed E-state index contributed by atoms with van der Waals surface area (Å²) in [6.07, 6.45) is 8.36. The van der Waals surface area contributed by atoms with Crippen molar-refractivity contribution < 1.29 is 13.6 Å². The normalized spacial score (nSPS) is 31.0. The van der Waals surface area contributed by atoms with Gasteiger partial charge < -0.3 is 4.90 Å². The highest BCUT2D eigenvalue weighted by atomic mass is 19.3. The molecule has 0 N–H and O–H groups in total. The van der Waals surface area contributed by atoms with Gasteiger partial charge in [-0.1, -0.05) is 0 Å². The molecule has 3 aliphatic rings. The number of terminal acetylenes is 1. The molecule has 0 radical (unpaired) electrons. The Morgan fingerprint density at radius 3 is 2.38 bits per heavy atom. The minimum absolute atomic E-state index is 0.0321. The van der Waals surface area contributed by atoms with Crippen molar-refractivity contribution in [1.29, 1.82) is 0 Å². The minimum atomic E-state index is -2.61. The van der Waals surface area contributed by atoms with Crippen LogP contribution in [0.4, 0.5) is 8.78 Å². The van der Waals surface area contributed by atoms with Crippen molar-refractivity contribution in [2.75, 3.05) is 0 Å². The number of carbonyl (C=O) groups excluding carboxylic acids is 1. The Labute approximate surface area is 123 Å². The number of rotatable bonds is 5. The van der Waals surface area contributed by atoms with Crippen LogP contribution < -0.4 is 0 Å². The molecule has 2 fully saturated rings. The lowest BCUT2D eigenvalue weighted by molar-refractivity contribution is -0.144. The lowest BCUT2D eigenvalue weighted by Crippen LogP contribution is -2.50. The molecule has 0 spiro atoms. The highest BCUT2D eigenvalue weighted by molar-refractivity contribution is 5.77. The van der Waals surface area contributed by atoms with Crippen LogP contribution in [0, 0.1) is 12.3 Å². The summed E-state index contributed by atoms with van der Waals surface area (Å²) < 4.78 is 27.0. The number of carbonyl (C=O) groups is 1. The summed E-state index contributed by atoms with van der Waals surface area (Å²) in [5.74, 6) is -0.0961. The number of halogens is 2. The zero-order chi connectivity index (χ0) is 15.1. The van der Waals surface area contributed by atoms with Crippen molar-refractivity contribution in [2.24, 2.45) is 10.2 Å². The van der Waals surface area contributed by atoms with Crippen LogP contribution in [0.15, 0.2) is 10.2 Å². The molecule has 2 bridgehead atoms. The zero-order valence-corrected chi connectivity index (χ0v) is 11.9. The number of alkyl halides is 2. The third-order valence-corrected chi connectivity index (χ3v) is 4.77. The smallest absolute Gasteiger partial charge is 0.252 e. The molecule has 4 nitrogen and oxygen atoms in total. The maximum atomic E-state index is 13.5. The second kappa shape index (κ2) is 5.04. The third kappa shape index (κ3) is 2.92. The minimum Gasteiger partial charge on any atom is -0.336 e. The van der Waals surface area contributed by atoms with E-state index < -0.39 is 11.6 Å². The molecule has 0 aromatic carbocycles. The lowest BCUT2D eigenvalue weighted by Gasteiger charge is -2.39. The maximum Gasteiger partial charge on any atom is 0.252 e. The summed E-state index contributed by atoms with van der Waals surface area (Å²) >= 11 is 0. The fourth-order valence-corrected chi connectivity index (χ4v) is 3.65. The molecule has 2 unspecified atom stereocenters. The van der Waals surface area contributed by atoms with Crippen molar-refractivity contribution >= 4 is 5.91 Å². The average Bonchev–Trinajstić information content (AvgIpc) is 3.13. The standard InChI is InChI=1S/C15H19F2N3O/c1-2-3-7-15(18-19-15)8-6-13(21)20-11-4-5-12(20)10-14(16,17)9-11/h1,11-12H,3-10H2. The van der Waals surface area contributed by atoms with E-state index in [2.05, 4.69) is 16.1 Å². The highest BCUT2D eigenvalue weighted by Gasteiger charge is 2.51. The molecule has 3 heterocycles. The van der Waals surface area contributed by atoms with Crippen molar-refractivity contribution in [3.8, 4) is 12.3 Å². The van der Waals surface area contributed by atoms with Gasteiger partial charge in [-0.15, -0.1) is 12.3 Å². The van der Waals surface area contributed by atoms with E-state index in [0.29, 0.717) is 38.5 Å². The molecule has 2 saturated heterocycles. The third-order valence-electron chi connectivity index (χ3n) is 4.77. The molecule has 0 aromatic rings. The molecule has 0 aromatic heterocycles. The number of hydrogen-bond acceptors (Lipinski definition) is 3. The van der Waals surface area contributed by atoms with Crippen molar-refractivity contribution in [3.63, 3.8) is 0 Å². The molecule has 6 heteroatoms. The molecule has 3 rings (SSSR count). The Balaban J connectivity index is 1.54. The fraction of sp³-hybridized carbons (Fsp3) is 0.800. The largest absolute Gasteiger partial charge is 0.336 e. The lowest BCUT2D eigenvalue weighted by atomic mass is 9.96. The predicted molar refractivity (Wildman–Crippen MR) is 72.7 cm³/mol. The van der Waals surface area contributed by atoms with Crippen LogP contribution in [-0.2, 0) is 4.79 Å². The van der Waals surface area contributed by atoms with E-state index in [4.69, 9.17) is 6.42 Å². The number of piperidine rings is 1. The van der Waals surface area contributed by atoms with Gasteiger partial charge in [0, 0.05) is 50.6 Å². The van der Waals surface area contributed by atoms with Crippen LogP contribution >= 0.6 is 0 Å². The Morgan fingerprint density at radius 2 is 1.86 bits per heavy atom. The van der Waals surface area contributed by atoms with E-state index in [0.717, 1.165) is 0 Å². The summed E-state index contributed by atoms with van der Waals surface area (Å²) in [7, 11) is 0. The summed E-state index contributed by atoms with van der Waals surface area (Å²) in [6.45, 7) is 0. The molecular formula is C15H19F2N3O. The summed E-state index contributed by atoms with van der Waals surface area (Å²) in [6, 6.07) is -0.582. The predicted octanol–water partition coefficient (Wildman–Crippen LogP) is 3.13. The SMILES string of the molecule is C#CCCC1(CCC(=O)N2C3CCC2CC(F)(F)C3)N=N1. The summed E-state index contributed by atoms with van der Waals surface area (Å²) in [4.78, 5) is 14.1. The first-order valence-corrected chi connectivity index (χ1v) is 7.51. The quantitative estimate of drug-likeness (QED) is 0.719. The van der Waals surface area contributed by atoms with E-state index in [1.54, 1.807) is 4.90 Å². The van der Waals surface area contributed by atoms with Gasteiger partial charge in [-0.2, -0.15) is 10.2 Å². The van der Waals surface area contributed by atoms with Gasteiger partial charge in [0.2, 0.25) is 5.91 Å². The van der Waals surface area contributed by atoms with E-state index >= 15 is 0 Å². The van der Waals surface area contributed by atoms with Crippen molar-refractivity contribution in [3.05, 3.63) is 0 Å². The van der Waals surface area contributed by atoms with Crippen molar-refractivity contribution in [2.45, 2.75) is 75.0 Å². The van der Waals surface area contributed by atoms with Crippen LogP contribution in [0.5, 0.6) is 0 Å². The molecule has 0 saturated carbocycles. The van der Waals surface area contributed by atoms with Crippen LogP contribution in [-0.4, -0.2) is 34.5 Å².